The van der Waals surface area contributed by atoms with Gasteiger partial charge in [0.15, 0.2) is 5.69 Å². The van der Waals surface area contributed by atoms with E-state index in [0.717, 1.165) is 0 Å². The fraction of sp³-hybridized carbons (Fsp3) is 0.0625. The van der Waals surface area contributed by atoms with Gasteiger partial charge in [-0.15, -0.1) is 0 Å². The van der Waals surface area contributed by atoms with Crippen LogP contribution in [0.15, 0.2) is 52.4 Å². The Labute approximate surface area is 150 Å². The largest absolute Gasteiger partial charge is 0.382 e. The summed E-state index contributed by atoms with van der Waals surface area (Å²) in [7, 11) is 0. The van der Waals surface area contributed by atoms with Crippen LogP contribution in [-0.4, -0.2) is 25.7 Å². The highest BCUT2D eigenvalue weighted by Crippen LogP contribution is 2.22. The molecule has 0 radical (unpaired) electrons. The summed E-state index contributed by atoms with van der Waals surface area (Å²) in [6.45, 7) is 0. The first-order valence-electron chi connectivity index (χ1n) is 7.31. The van der Waals surface area contributed by atoms with Gasteiger partial charge in [0.1, 0.15) is 11.8 Å². The van der Waals surface area contributed by atoms with Gasteiger partial charge in [0.05, 0.1) is 16.0 Å². The number of nitro benzene ring substituents is 1. The summed E-state index contributed by atoms with van der Waals surface area (Å²) in [6, 6.07) is 10.0. The number of fused-ring (bicyclic) bond motifs is 1. The Hall–Kier alpha value is -3.30. The van der Waals surface area contributed by atoms with Gasteiger partial charge in [0.25, 0.3) is 11.2 Å². The van der Waals surface area contributed by atoms with E-state index in [4.69, 9.17) is 17.4 Å². The van der Waals surface area contributed by atoms with Crippen LogP contribution in [0.2, 0.25) is 5.02 Å². The fourth-order valence-electron chi connectivity index (χ4n) is 2.46. The quantitative estimate of drug-likeness (QED) is 0.275. The predicted molar refractivity (Wildman–Crippen MR) is 96.2 cm³/mol. The third kappa shape index (κ3) is 3.25. The van der Waals surface area contributed by atoms with Crippen LogP contribution >= 0.6 is 11.6 Å². The molecule has 0 fully saturated rings. The molecule has 132 valence electrons. The molecular weight excluding hydrogens is 362 g/mol. The zero-order chi connectivity index (χ0) is 18.8. The van der Waals surface area contributed by atoms with Crippen LogP contribution in [0.5, 0.6) is 0 Å². The molecule has 1 aromatic heterocycles. The number of rotatable bonds is 4. The zero-order valence-electron chi connectivity index (χ0n) is 13.1. The highest BCUT2D eigenvalue weighted by atomic mass is 35.5. The number of aliphatic hydroxyl groups excluding tert-OH is 1. The van der Waals surface area contributed by atoms with Crippen LogP contribution in [0.3, 0.4) is 0 Å². The van der Waals surface area contributed by atoms with E-state index in [1.807, 2.05) is 0 Å². The number of nitrogens with one attached hydrogen (secondary N) is 1. The van der Waals surface area contributed by atoms with Gasteiger partial charge in [0, 0.05) is 17.2 Å². The Kier molecular flexibility index (Phi) is 4.65. The molecule has 0 spiro atoms. The highest BCUT2D eigenvalue weighted by molar-refractivity contribution is 6.31. The van der Waals surface area contributed by atoms with Crippen molar-refractivity contribution in [3.8, 4) is 0 Å². The van der Waals surface area contributed by atoms with Crippen LogP contribution in [0, 0.1) is 10.1 Å². The third-order valence-electron chi connectivity index (χ3n) is 3.69. The average Bonchev–Trinajstić information content (AvgIpc) is 2.62. The molecule has 3 aromatic rings. The van der Waals surface area contributed by atoms with Crippen LogP contribution in [-0.2, 0) is 0 Å². The molecule has 0 bridgehead atoms. The zero-order valence-corrected chi connectivity index (χ0v) is 13.8. The van der Waals surface area contributed by atoms with Crippen molar-refractivity contribution in [2.24, 2.45) is 10.9 Å². The average molecular weight is 374 g/mol. The topological polar surface area (TPSA) is 148 Å². The van der Waals surface area contributed by atoms with Gasteiger partial charge in [-0.25, -0.2) is 4.98 Å². The first-order chi connectivity index (χ1) is 12.4. The maximum atomic E-state index is 12.3. The minimum absolute atomic E-state index is 0.154. The Bertz CT molecular complexity index is 1100. The van der Waals surface area contributed by atoms with E-state index in [0.29, 0.717) is 16.1 Å². The monoisotopic (exact) mass is 373 g/mol. The van der Waals surface area contributed by atoms with Crippen LogP contribution in [0.4, 0.5) is 5.69 Å². The summed E-state index contributed by atoms with van der Waals surface area (Å²) in [5.74, 6) is 5.36. The van der Waals surface area contributed by atoms with Crippen LogP contribution in [0.1, 0.15) is 17.4 Å². The second-order valence-electron chi connectivity index (χ2n) is 5.34. The van der Waals surface area contributed by atoms with Crippen LogP contribution < -0.4 is 11.4 Å². The fourth-order valence-corrected chi connectivity index (χ4v) is 2.63. The number of aromatic amines is 1. The van der Waals surface area contributed by atoms with E-state index < -0.39 is 16.6 Å². The van der Waals surface area contributed by atoms with Gasteiger partial charge < -0.3 is 15.9 Å². The van der Waals surface area contributed by atoms with Crippen molar-refractivity contribution in [3.63, 3.8) is 0 Å². The number of aliphatic hydroxyl groups is 1. The molecule has 0 saturated carbocycles. The second-order valence-corrected chi connectivity index (χ2v) is 5.78. The van der Waals surface area contributed by atoms with Crippen molar-refractivity contribution in [1.29, 1.82) is 0 Å². The molecular formula is C16H12ClN5O4. The Morgan fingerprint density at radius 1 is 1.35 bits per heavy atom. The van der Waals surface area contributed by atoms with Gasteiger partial charge in [-0.3, -0.25) is 14.9 Å². The molecule has 0 aliphatic carbocycles. The number of non-ortho nitro benzene ring substituents is 1. The van der Waals surface area contributed by atoms with Gasteiger partial charge in [-0.1, -0.05) is 23.7 Å². The maximum absolute atomic E-state index is 12.3. The number of nitro groups is 1. The lowest BCUT2D eigenvalue weighted by Crippen LogP contribution is -2.26. The number of nitrogens with two attached hydrogens (primary N) is 1. The first-order valence-corrected chi connectivity index (χ1v) is 7.68. The summed E-state index contributed by atoms with van der Waals surface area (Å²) < 4.78 is 0. The number of H-pyrrole nitrogens is 1. The third-order valence-corrected chi connectivity index (χ3v) is 3.93. The molecule has 0 saturated heterocycles. The Balaban J connectivity index is 2.09. The van der Waals surface area contributed by atoms with E-state index in [2.05, 4.69) is 15.1 Å². The van der Waals surface area contributed by atoms with Crippen molar-refractivity contribution in [2.75, 3.05) is 0 Å². The summed E-state index contributed by atoms with van der Waals surface area (Å²) in [6.07, 6.45) is -1.47. The number of hydrogen-bond acceptors (Lipinski definition) is 7. The highest BCUT2D eigenvalue weighted by Gasteiger charge is 2.23. The summed E-state index contributed by atoms with van der Waals surface area (Å²) in [5.41, 5.74) is -0.282. The molecule has 3 rings (SSSR count). The second kappa shape index (κ2) is 6.90. The van der Waals surface area contributed by atoms with Crippen molar-refractivity contribution in [2.45, 2.75) is 6.10 Å². The van der Waals surface area contributed by atoms with Gasteiger partial charge in [-0.2, -0.15) is 5.10 Å². The van der Waals surface area contributed by atoms with Crippen molar-refractivity contribution >= 4 is 34.0 Å². The van der Waals surface area contributed by atoms with Crippen molar-refractivity contribution < 1.29 is 10.0 Å². The summed E-state index contributed by atoms with van der Waals surface area (Å²) in [4.78, 5) is 29.4. The lowest BCUT2D eigenvalue weighted by Gasteiger charge is -2.13. The SMILES string of the molecule is N/N=C(\c1nc2ccc(Cl)cc2[nH]c1=O)C(O)c1cccc([N+](=O)[O-])c1. The number of benzene rings is 2. The van der Waals surface area contributed by atoms with E-state index in [-0.39, 0.29) is 22.7 Å². The molecule has 0 amide bonds. The standard InChI is InChI=1S/C16H12ClN5O4/c17-9-4-5-11-12(7-9)20-16(24)14(19-11)13(21-18)15(23)8-2-1-3-10(6-8)22(25)26/h1-7,15,23H,18H2,(H,20,24)/b21-13+. The molecule has 9 nitrogen and oxygen atoms in total. The van der Waals surface area contributed by atoms with Crippen LogP contribution in [0.25, 0.3) is 11.0 Å². The molecule has 0 aliphatic heterocycles. The number of hydrazone groups is 1. The van der Waals surface area contributed by atoms with Gasteiger partial charge >= 0.3 is 0 Å². The van der Waals surface area contributed by atoms with Gasteiger partial charge in [-0.05, 0) is 23.8 Å². The molecule has 10 heteroatoms. The Morgan fingerprint density at radius 3 is 2.81 bits per heavy atom. The van der Waals surface area contributed by atoms with Crippen molar-refractivity contribution in [1.82, 2.24) is 9.97 Å². The number of aromatic nitrogens is 2. The summed E-state index contributed by atoms with van der Waals surface area (Å²) >= 11 is 5.88. The lowest BCUT2D eigenvalue weighted by molar-refractivity contribution is -0.385. The molecule has 4 N–H and O–H groups in total. The lowest BCUT2D eigenvalue weighted by atomic mass is 10.0. The van der Waals surface area contributed by atoms with Gasteiger partial charge in [0.2, 0.25) is 0 Å². The molecule has 1 unspecified atom stereocenters. The van der Waals surface area contributed by atoms with E-state index in [9.17, 15) is 20.0 Å². The Morgan fingerprint density at radius 2 is 2.12 bits per heavy atom. The number of halogens is 1. The molecule has 1 heterocycles. The normalized spacial score (nSPS) is 12.9. The molecule has 0 aliphatic rings. The molecule has 1 atom stereocenters. The smallest absolute Gasteiger partial charge is 0.276 e. The van der Waals surface area contributed by atoms with E-state index in [1.54, 1.807) is 12.1 Å². The number of nitrogens with zero attached hydrogens (tertiary/aromatic N) is 3. The number of hydrogen-bond donors (Lipinski definition) is 3. The summed E-state index contributed by atoms with van der Waals surface area (Å²) in [5, 5.41) is 25.3. The maximum Gasteiger partial charge on any atom is 0.276 e. The predicted octanol–water partition coefficient (Wildman–Crippen LogP) is 1.88. The van der Waals surface area contributed by atoms with Crippen molar-refractivity contribution in [3.05, 3.63) is 79.2 Å². The molecule has 2 aromatic carbocycles. The van der Waals surface area contributed by atoms with E-state index >= 15 is 0 Å². The first kappa shape index (κ1) is 17.5. The minimum Gasteiger partial charge on any atom is -0.382 e. The van der Waals surface area contributed by atoms with E-state index in [1.165, 1.54) is 30.3 Å². The molecule has 26 heavy (non-hydrogen) atoms. The minimum atomic E-state index is -1.47.